The van der Waals surface area contributed by atoms with E-state index in [0.29, 0.717) is 11.3 Å². The Bertz CT molecular complexity index is 1380. The number of hydrogen-bond donors (Lipinski definition) is 1. The minimum atomic E-state index is -3.87. The van der Waals surface area contributed by atoms with Gasteiger partial charge in [-0.15, -0.1) is 0 Å². The van der Waals surface area contributed by atoms with Gasteiger partial charge in [-0.2, -0.15) is 0 Å². The molecule has 0 aliphatic heterocycles. The van der Waals surface area contributed by atoms with Crippen molar-refractivity contribution >= 4 is 43.8 Å². The van der Waals surface area contributed by atoms with Crippen molar-refractivity contribution < 1.29 is 13.2 Å². The third-order valence-electron chi connectivity index (χ3n) is 4.73. The van der Waals surface area contributed by atoms with E-state index in [1.807, 2.05) is 55.5 Å². The van der Waals surface area contributed by atoms with Crippen LogP contribution in [-0.4, -0.2) is 24.3 Å². The average molecular weight is 452 g/mol. The molecule has 0 bridgehead atoms. The van der Waals surface area contributed by atoms with E-state index in [1.54, 1.807) is 18.2 Å². The summed E-state index contributed by atoms with van der Waals surface area (Å²) in [6, 6.07) is 20.2. The molecule has 31 heavy (non-hydrogen) atoms. The fourth-order valence-corrected chi connectivity index (χ4v) is 4.53. The van der Waals surface area contributed by atoms with Crippen molar-refractivity contribution in [3.63, 3.8) is 0 Å². The number of aromatic nitrogens is 2. The van der Waals surface area contributed by atoms with Crippen molar-refractivity contribution in [3.05, 3.63) is 94.8 Å². The summed E-state index contributed by atoms with van der Waals surface area (Å²) in [5.74, 6) is -0.894. The summed E-state index contributed by atoms with van der Waals surface area (Å²) in [5, 5.41) is 4.09. The first-order valence-electron chi connectivity index (χ1n) is 9.43. The number of carbonyl (C=O) groups is 1. The van der Waals surface area contributed by atoms with Crippen LogP contribution in [0, 0.1) is 6.92 Å². The van der Waals surface area contributed by atoms with Gasteiger partial charge in [0.1, 0.15) is 0 Å². The molecule has 1 N–H and O–H groups in total. The summed E-state index contributed by atoms with van der Waals surface area (Å²) in [5.41, 5.74) is 2.00. The van der Waals surface area contributed by atoms with Crippen LogP contribution >= 0.6 is 11.6 Å². The summed E-state index contributed by atoms with van der Waals surface area (Å²) in [6.07, 6.45) is 1.13. The van der Waals surface area contributed by atoms with Gasteiger partial charge in [0.15, 0.2) is 5.69 Å². The highest BCUT2D eigenvalue weighted by Gasteiger charge is 2.23. The number of halogens is 1. The first-order valence-corrected chi connectivity index (χ1v) is 11.5. The van der Waals surface area contributed by atoms with E-state index in [1.165, 1.54) is 0 Å². The SMILES string of the molecule is Cc1ccc(CS(=O)(=O)c2ncc(Cl)c(C(=O)Nc3cccc4ccccc34)n2)cc1. The summed E-state index contributed by atoms with van der Waals surface area (Å²) in [4.78, 5) is 20.7. The zero-order chi connectivity index (χ0) is 22.0. The minimum absolute atomic E-state index is 0.0352. The number of rotatable bonds is 5. The molecule has 156 valence electrons. The van der Waals surface area contributed by atoms with Crippen LogP contribution in [0.4, 0.5) is 5.69 Å². The van der Waals surface area contributed by atoms with E-state index >= 15 is 0 Å². The summed E-state index contributed by atoms with van der Waals surface area (Å²) < 4.78 is 25.6. The topological polar surface area (TPSA) is 89.0 Å². The average Bonchev–Trinajstić information content (AvgIpc) is 2.75. The number of sulfone groups is 1. The standard InChI is InChI=1S/C23H18ClN3O3S/c1-15-9-11-16(12-10-15)14-31(29,30)23-25-13-19(24)21(27-23)22(28)26-20-8-4-6-17-5-2-3-7-18(17)20/h2-13H,14H2,1H3,(H,26,28). The number of benzene rings is 3. The zero-order valence-electron chi connectivity index (χ0n) is 16.5. The Kier molecular flexibility index (Phi) is 5.71. The van der Waals surface area contributed by atoms with Crippen molar-refractivity contribution in [1.29, 1.82) is 0 Å². The third kappa shape index (κ3) is 4.57. The van der Waals surface area contributed by atoms with Gasteiger partial charge in [0.05, 0.1) is 17.0 Å². The molecule has 0 saturated heterocycles. The van der Waals surface area contributed by atoms with Gasteiger partial charge in [0.2, 0.25) is 15.0 Å². The molecule has 0 saturated carbocycles. The van der Waals surface area contributed by atoms with E-state index in [-0.39, 0.29) is 16.5 Å². The van der Waals surface area contributed by atoms with E-state index in [4.69, 9.17) is 11.6 Å². The summed E-state index contributed by atoms with van der Waals surface area (Å²) in [6.45, 7) is 1.92. The molecule has 8 heteroatoms. The molecule has 3 aromatic carbocycles. The molecule has 0 aliphatic carbocycles. The van der Waals surface area contributed by atoms with Gasteiger partial charge in [0, 0.05) is 11.1 Å². The second-order valence-electron chi connectivity index (χ2n) is 7.07. The second kappa shape index (κ2) is 8.45. The fraction of sp³-hybridized carbons (Fsp3) is 0.0870. The lowest BCUT2D eigenvalue weighted by Gasteiger charge is -2.10. The van der Waals surface area contributed by atoms with Crippen LogP contribution in [-0.2, 0) is 15.6 Å². The first-order chi connectivity index (χ1) is 14.8. The van der Waals surface area contributed by atoms with E-state index < -0.39 is 20.9 Å². The number of fused-ring (bicyclic) bond motifs is 1. The van der Waals surface area contributed by atoms with E-state index in [2.05, 4.69) is 15.3 Å². The fourth-order valence-electron chi connectivity index (χ4n) is 3.14. The molecular weight excluding hydrogens is 434 g/mol. The Balaban J connectivity index is 1.64. The number of carbonyl (C=O) groups excluding carboxylic acids is 1. The molecule has 4 aromatic rings. The van der Waals surface area contributed by atoms with Crippen LogP contribution in [0.5, 0.6) is 0 Å². The molecule has 0 atom stereocenters. The molecule has 1 heterocycles. The van der Waals surface area contributed by atoms with E-state index in [9.17, 15) is 13.2 Å². The summed E-state index contributed by atoms with van der Waals surface area (Å²) >= 11 is 6.12. The van der Waals surface area contributed by atoms with Gasteiger partial charge in [-0.3, -0.25) is 4.79 Å². The predicted molar refractivity (Wildman–Crippen MR) is 121 cm³/mol. The predicted octanol–water partition coefficient (Wildman–Crippen LogP) is 4.82. The van der Waals surface area contributed by atoms with Crippen LogP contribution in [0.2, 0.25) is 5.02 Å². The van der Waals surface area contributed by atoms with Crippen LogP contribution in [0.15, 0.2) is 78.1 Å². The molecule has 0 spiro atoms. The van der Waals surface area contributed by atoms with Gasteiger partial charge in [-0.05, 0) is 23.9 Å². The molecule has 1 amide bonds. The number of nitrogens with one attached hydrogen (secondary N) is 1. The maximum Gasteiger partial charge on any atom is 0.276 e. The number of aryl methyl sites for hydroxylation is 1. The van der Waals surface area contributed by atoms with Crippen LogP contribution < -0.4 is 5.32 Å². The largest absolute Gasteiger partial charge is 0.320 e. The van der Waals surface area contributed by atoms with Gasteiger partial charge < -0.3 is 5.32 Å². The van der Waals surface area contributed by atoms with Gasteiger partial charge in [0.25, 0.3) is 5.91 Å². The molecule has 4 rings (SSSR count). The number of amides is 1. The third-order valence-corrected chi connectivity index (χ3v) is 6.47. The van der Waals surface area contributed by atoms with E-state index in [0.717, 1.165) is 22.5 Å². The van der Waals surface area contributed by atoms with Crippen molar-refractivity contribution in [2.75, 3.05) is 5.32 Å². The van der Waals surface area contributed by atoms with Gasteiger partial charge in [-0.1, -0.05) is 77.8 Å². The lowest BCUT2D eigenvalue weighted by molar-refractivity contribution is 0.102. The maximum atomic E-state index is 12.9. The van der Waals surface area contributed by atoms with Gasteiger partial charge in [-0.25, -0.2) is 18.4 Å². The second-order valence-corrected chi connectivity index (χ2v) is 9.37. The molecule has 0 aliphatic rings. The highest BCUT2D eigenvalue weighted by molar-refractivity contribution is 7.90. The maximum absolute atomic E-state index is 12.9. The normalized spacial score (nSPS) is 11.4. The summed E-state index contributed by atoms with van der Waals surface area (Å²) in [7, 11) is -3.87. The van der Waals surface area contributed by atoms with Crippen molar-refractivity contribution in [2.24, 2.45) is 0 Å². The Labute approximate surface area is 184 Å². The van der Waals surface area contributed by atoms with Crippen molar-refractivity contribution in [2.45, 2.75) is 17.8 Å². The molecule has 0 fully saturated rings. The lowest BCUT2D eigenvalue weighted by atomic mass is 10.1. The van der Waals surface area contributed by atoms with Crippen LogP contribution in [0.3, 0.4) is 0 Å². The van der Waals surface area contributed by atoms with Crippen LogP contribution in [0.1, 0.15) is 21.6 Å². The van der Waals surface area contributed by atoms with Crippen LogP contribution in [0.25, 0.3) is 10.8 Å². The smallest absolute Gasteiger partial charge is 0.276 e. The zero-order valence-corrected chi connectivity index (χ0v) is 18.1. The Morgan fingerprint density at radius 1 is 1.00 bits per heavy atom. The minimum Gasteiger partial charge on any atom is -0.320 e. The highest BCUT2D eigenvalue weighted by atomic mass is 35.5. The Morgan fingerprint density at radius 2 is 1.71 bits per heavy atom. The first kappa shape index (κ1) is 21.0. The molecule has 1 aromatic heterocycles. The lowest BCUT2D eigenvalue weighted by Crippen LogP contribution is -2.18. The molecule has 0 radical (unpaired) electrons. The monoisotopic (exact) mass is 451 g/mol. The van der Waals surface area contributed by atoms with Crippen molar-refractivity contribution in [3.8, 4) is 0 Å². The number of anilines is 1. The van der Waals surface area contributed by atoms with Gasteiger partial charge >= 0.3 is 0 Å². The quantitative estimate of drug-likeness (QED) is 0.439. The molecule has 6 nitrogen and oxygen atoms in total. The Hall–Kier alpha value is -3.29. The van der Waals surface area contributed by atoms with Crippen molar-refractivity contribution in [1.82, 2.24) is 9.97 Å². The molecular formula is C23H18ClN3O3S. The molecule has 0 unspecified atom stereocenters. The number of hydrogen-bond acceptors (Lipinski definition) is 5. The Morgan fingerprint density at radius 3 is 2.48 bits per heavy atom. The number of nitrogens with zero attached hydrogens (tertiary/aromatic N) is 2. The highest BCUT2D eigenvalue weighted by Crippen LogP contribution is 2.25.